The lowest BCUT2D eigenvalue weighted by Crippen LogP contribution is -2.09. The molecule has 0 fully saturated rings. The zero-order valence-corrected chi connectivity index (χ0v) is 19.3. The summed E-state index contributed by atoms with van der Waals surface area (Å²) in [4.78, 5) is 9.51. The number of aromatic nitrogens is 2. The van der Waals surface area contributed by atoms with Crippen LogP contribution in [0, 0.1) is 0 Å². The van der Waals surface area contributed by atoms with Crippen LogP contribution < -0.4 is 10.1 Å². The molecule has 0 amide bonds. The van der Waals surface area contributed by atoms with Crippen molar-refractivity contribution in [2.75, 3.05) is 5.32 Å². The Labute approximate surface area is 208 Å². The van der Waals surface area contributed by atoms with Crippen LogP contribution in [0.15, 0.2) is 120 Å². The maximum Gasteiger partial charge on any atom is 0.227 e. The Bertz CT molecular complexity index is 1630. The summed E-state index contributed by atoms with van der Waals surface area (Å²) in [6.07, 6.45) is -0.185. The summed E-state index contributed by atoms with van der Waals surface area (Å²) < 4.78 is 11.9. The number of hydrogen-bond acceptors (Lipinski definition) is 5. The van der Waals surface area contributed by atoms with E-state index in [0.29, 0.717) is 5.89 Å². The molecule has 0 saturated heterocycles. The molecule has 0 saturated carbocycles. The van der Waals surface area contributed by atoms with E-state index in [0.717, 1.165) is 56.2 Å². The summed E-state index contributed by atoms with van der Waals surface area (Å²) in [6.45, 7) is 0. The summed E-state index contributed by atoms with van der Waals surface area (Å²) >= 11 is 0. The smallest absolute Gasteiger partial charge is 0.227 e. The van der Waals surface area contributed by atoms with E-state index in [4.69, 9.17) is 14.1 Å². The van der Waals surface area contributed by atoms with Crippen LogP contribution in [-0.2, 0) is 0 Å². The molecule has 4 aromatic carbocycles. The van der Waals surface area contributed by atoms with E-state index in [1.165, 1.54) is 0 Å². The van der Waals surface area contributed by atoms with Gasteiger partial charge in [0.05, 0.1) is 17.1 Å². The summed E-state index contributed by atoms with van der Waals surface area (Å²) in [5.41, 5.74) is 8.60. The van der Waals surface area contributed by atoms with Crippen LogP contribution in [0.4, 0.5) is 5.69 Å². The summed E-state index contributed by atoms with van der Waals surface area (Å²) in [5, 5.41) is 3.42. The van der Waals surface area contributed by atoms with Crippen molar-refractivity contribution < 1.29 is 9.15 Å². The Hall–Kier alpha value is -4.90. The minimum atomic E-state index is -0.185. The molecule has 172 valence electrons. The molecule has 0 radical (unpaired) electrons. The molecule has 1 unspecified atom stereocenters. The van der Waals surface area contributed by atoms with E-state index in [-0.39, 0.29) is 6.23 Å². The number of para-hydroxylation sites is 4. The number of nitrogens with zero attached hydrogens (tertiary/aromatic N) is 2. The van der Waals surface area contributed by atoms with Gasteiger partial charge in [0.2, 0.25) is 5.89 Å². The Balaban J connectivity index is 1.12. The third-order valence-electron chi connectivity index (χ3n) is 6.40. The fraction of sp³-hybridized carbons (Fsp3) is 0.0323. The van der Waals surface area contributed by atoms with Crippen LogP contribution in [0.2, 0.25) is 0 Å². The van der Waals surface area contributed by atoms with Gasteiger partial charge in [0.15, 0.2) is 11.8 Å². The number of benzene rings is 4. The molecule has 5 nitrogen and oxygen atoms in total. The van der Waals surface area contributed by atoms with Gasteiger partial charge < -0.3 is 14.5 Å². The molecular formula is C31H21N3O2. The molecule has 0 aliphatic carbocycles. The molecule has 2 aromatic heterocycles. The first-order valence-electron chi connectivity index (χ1n) is 11.9. The van der Waals surface area contributed by atoms with Gasteiger partial charge in [-0.1, -0.05) is 66.7 Å². The number of ether oxygens (including phenoxy) is 1. The van der Waals surface area contributed by atoms with Gasteiger partial charge >= 0.3 is 0 Å². The zero-order valence-electron chi connectivity index (χ0n) is 19.3. The van der Waals surface area contributed by atoms with E-state index < -0.39 is 0 Å². The number of hydrogen-bond donors (Lipinski definition) is 1. The average molecular weight is 468 g/mol. The lowest BCUT2D eigenvalue weighted by Gasteiger charge is -2.12. The van der Waals surface area contributed by atoms with Crippen molar-refractivity contribution in [2.24, 2.45) is 0 Å². The van der Waals surface area contributed by atoms with E-state index in [1.54, 1.807) is 0 Å². The summed E-state index contributed by atoms with van der Waals surface area (Å²) in [5.74, 6) is 1.50. The summed E-state index contributed by atoms with van der Waals surface area (Å²) in [7, 11) is 0. The van der Waals surface area contributed by atoms with Crippen LogP contribution in [0.1, 0.15) is 11.8 Å². The average Bonchev–Trinajstić information content (AvgIpc) is 3.58. The fourth-order valence-electron chi connectivity index (χ4n) is 4.50. The van der Waals surface area contributed by atoms with Gasteiger partial charge in [0.1, 0.15) is 11.3 Å². The molecule has 6 aromatic rings. The molecular weight excluding hydrogens is 446 g/mol. The normalized spacial score (nSPS) is 14.3. The van der Waals surface area contributed by atoms with Crippen molar-refractivity contribution in [3.05, 3.63) is 121 Å². The Morgan fingerprint density at radius 1 is 0.583 bits per heavy atom. The number of rotatable bonds is 4. The molecule has 1 atom stereocenters. The number of anilines is 1. The van der Waals surface area contributed by atoms with E-state index >= 15 is 0 Å². The molecule has 36 heavy (non-hydrogen) atoms. The maximum atomic E-state index is 6.04. The van der Waals surface area contributed by atoms with Crippen LogP contribution in [0.25, 0.3) is 45.1 Å². The van der Waals surface area contributed by atoms with Gasteiger partial charge in [-0.3, -0.25) is 0 Å². The van der Waals surface area contributed by atoms with Gasteiger partial charge in [0.25, 0.3) is 0 Å². The third kappa shape index (κ3) is 3.67. The first-order valence-corrected chi connectivity index (χ1v) is 11.9. The third-order valence-corrected chi connectivity index (χ3v) is 6.40. The van der Waals surface area contributed by atoms with Crippen molar-refractivity contribution in [3.63, 3.8) is 0 Å². The Kier molecular flexibility index (Phi) is 4.77. The second-order valence-corrected chi connectivity index (χ2v) is 8.73. The monoisotopic (exact) mass is 467 g/mol. The predicted octanol–water partition coefficient (Wildman–Crippen LogP) is 7.73. The van der Waals surface area contributed by atoms with Crippen LogP contribution in [0.5, 0.6) is 5.75 Å². The van der Waals surface area contributed by atoms with Crippen LogP contribution in [-0.4, -0.2) is 9.97 Å². The molecule has 1 aliphatic rings. The number of fused-ring (bicyclic) bond motifs is 2. The highest BCUT2D eigenvalue weighted by molar-refractivity contribution is 5.76. The Morgan fingerprint density at radius 2 is 1.25 bits per heavy atom. The lowest BCUT2D eigenvalue weighted by atomic mass is 10.1. The minimum absolute atomic E-state index is 0.185. The van der Waals surface area contributed by atoms with Crippen molar-refractivity contribution in [1.29, 1.82) is 0 Å². The van der Waals surface area contributed by atoms with Crippen molar-refractivity contribution in [1.82, 2.24) is 9.97 Å². The minimum Gasteiger partial charge on any atom is -0.464 e. The molecule has 3 heterocycles. The zero-order chi connectivity index (χ0) is 23.9. The van der Waals surface area contributed by atoms with Gasteiger partial charge in [-0.25, -0.2) is 9.97 Å². The number of pyridine rings is 1. The van der Waals surface area contributed by atoms with Gasteiger partial charge in [-0.2, -0.15) is 0 Å². The lowest BCUT2D eigenvalue weighted by molar-refractivity contribution is 0.260. The maximum absolute atomic E-state index is 6.04. The Morgan fingerprint density at radius 3 is 2.00 bits per heavy atom. The second kappa shape index (κ2) is 8.40. The highest BCUT2D eigenvalue weighted by Gasteiger charge is 2.22. The van der Waals surface area contributed by atoms with Crippen LogP contribution >= 0.6 is 0 Å². The first kappa shape index (κ1) is 20.5. The van der Waals surface area contributed by atoms with E-state index in [2.05, 4.69) is 46.7 Å². The van der Waals surface area contributed by atoms with Gasteiger partial charge in [0, 0.05) is 22.3 Å². The summed E-state index contributed by atoms with van der Waals surface area (Å²) in [6, 6.07) is 38.4. The van der Waals surface area contributed by atoms with Crippen molar-refractivity contribution in [3.8, 4) is 39.7 Å². The standard InChI is InChI=1S/C31H21N3O2/c1-3-10-28-26(6-1)33-30(35-28)22-16-12-20(13-17-22)24-8-5-9-25(32-24)21-14-18-23(19-15-21)31-34-27-7-2-4-11-29(27)36-31/h1-19,30,33H. The highest BCUT2D eigenvalue weighted by atomic mass is 16.5. The number of oxazole rings is 1. The molecule has 1 N–H and O–H groups in total. The van der Waals surface area contributed by atoms with Gasteiger partial charge in [-0.05, 0) is 48.5 Å². The molecule has 5 heteroatoms. The molecule has 7 rings (SSSR count). The van der Waals surface area contributed by atoms with E-state index in [1.807, 2.05) is 78.9 Å². The topological polar surface area (TPSA) is 60.2 Å². The SMILES string of the molecule is c1cc(-c2ccc(-c3nc4ccccc4o3)cc2)nc(-c2ccc(C3Nc4ccccc4O3)cc2)c1. The quantitative estimate of drug-likeness (QED) is 0.287. The van der Waals surface area contributed by atoms with Crippen LogP contribution in [0.3, 0.4) is 0 Å². The fourth-order valence-corrected chi connectivity index (χ4v) is 4.50. The second-order valence-electron chi connectivity index (χ2n) is 8.73. The number of nitrogens with one attached hydrogen (secondary N) is 1. The highest BCUT2D eigenvalue weighted by Crippen LogP contribution is 2.37. The van der Waals surface area contributed by atoms with Crippen molar-refractivity contribution in [2.45, 2.75) is 6.23 Å². The molecule has 0 bridgehead atoms. The predicted molar refractivity (Wildman–Crippen MR) is 142 cm³/mol. The molecule has 1 aliphatic heterocycles. The molecule has 0 spiro atoms. The first-order chi connectivity index (χ1) is 17.8. The van der Waals surface area contributed by atoms with Gasteiger partial charge in [-0.15, -0.1) is 0 Å². The largest absolute Gasteiger partial charge is 0.464 e. The van der Waals surface area contributed by atoms with Crippen molar-refractivity contribution >= 4 is 16.8 Å². The van der Waals surface area contributed by atoms with E-state index in [9.17, 15) is 0 Å².